The van der Waals surface area contributed by atoms with Crippen molar-refractivity contribution >= 4 is 27.5 Å². The highest BCUT2D eigenvalue weighted by molar-refractivity contribution is 9.10. The zero-order valence-electron chi connectivity index (χ0n) is 13.3. The fourth-order valence-electron chi connectivity index (χ4n) is 2.52. The SMILES string of the molecule is CC(C)COC1CCN(CC(=O)Nc2ccccc2Br)CC1. The van der Waals surface area contributed by atoms with Gasteiger partial charge in [-0.15, -0.1) is 0 Å². The van der Waals surface area contributed by atoms with Crippen LogP contribution >= 0.6 is 15.9 Å². The normalized spacial score (nSPS) is 16.9. The molecule has 5 heteroatoms. The van der Waals surface area contributed by atoms with Crippen LogP contribution in [0.15, 0.2) is 28.7 Å². The number of rotatable bonds is 6. The number of halogens is 1. The average Bonchev–Trinajstić information content (AvgIpc) is 2.49. The molecule has 1 N–H and O–H groups in total. The van der Waals surface area contributed by atoms with E-state index in [2.05, 4.69) is 40.0 Å². The van der Waals surface area contributed by atoms with Gasteiger partial charge in [0, 0.05) is 24.2 Å². The zero-order chi connectivity index (χ0) is 15.9. The monoisotopic (exact) mass is 368 g/mol. The molecule has 1 fully saturated rings. The van der Waals surface area contributed by atoms with E-state index >= 15 is 0 Å². The molecule has 0 atom stereocenters. The minimum absolute atomic E-state index is 0.0356. The third-order valence-corrected chi connectivity index (χ3v) is 4.41. The van der Waals surface area contributed by atoms with Gasteiger partial charge >= 0.3 is 0 Å². The summed E-state index contributed by atoms with van der Waals surface area (Å²) >= 11 is 3.44. The van der Waals surface area contributed by atoms with E-state index in [4.69, 9.17) is 4.74 Å². The number of piperidine rings is 1. The van der Waals surface area contributed by atoms with E-state index < -0.39 is 0 Å². The quantitative estimate of drug-likeness (QED) is 0.834. The van der Waals surface area contributed by atoms with Crippen LogP contribution in [0.5, 0.6) is 0 Å². The summed E-state index contributed by atoms with van der Waals surface area (Å²) in [5.41, 5.74) is 0.822. The van der Waals surface area contributed by atoms with E-state index in [1.807, 2.05) is 24.3 Å². The highest BCUT2D eigenvalue weighted by Gasteiger charge is 2.21. The van der Waals surface area contributed by atoms with E-state index in [-0.39, 0.29) is 5.91 Å². The molecule has 0 aliphatic carbocycles. The van der Waals surface area contributed by atoms with Crippen LogP contribution in [0, 0.1) is 5.92 Å². The third kappa shape index (κ3) is 5.71. The lowest BCUT2D eigenvalue weighted by Gasteiger charge is -2.31. The van der Waals surface area contributed by atoms with Gasteiger partial charge < -0.3 is 10.1 Å². The number of ether oxygens (including phenoxy) is 1. The summed E-state index contributed by atoms with van der Waals surface area (Å²) in [5.74, 6) is 0.613. The van der Waals surface area contributed by atoms with Crippen LogP contribution in [0.2, 0.25) is 0 Å². The molecule has 0 spiro atoms. The first kappa shape index (κ1) is 17.4. The molecule has 1 amide bonds. The Bertz CT molecular complexity index is 485. The van der Waals surface area contributed by atoms with Gasteiger partial charge in [-0.3, -0.25) is 9.69 Å². The van der Waals surface area contributed by atoms with Crippen LogP contribution in [0.1, 0.15) is 26.7 Å². The Hall–Kier alpha value is -0.910. The molecule has 2 rings (SSSR count). The highest BCUT2D eigenvalue weighted by Crippen LogP contribution is 2.21. The van der Waals surface area contributed by atoms with E-state index in [9.17, 15) is 4.79 Å². The molecule has 0 bridgehead atoms. The van der Waals surface area contributed by atoms with Crippen molar-refractivity contribution in [1.82, 2.24) is 4.90 Å². The van der Waals surface area contributed by atoms with Gasteiger partial charge in [-0.25, -0.2) is 0 Å². The van der Waals surface area contributed by atoms with Gasteiger partial charge in [-0.2, -0.15) is 0 Å². The third-order valence-electron chi connectivity index (χ3n) is 3.72. The minimum Gasteiger partial charge on any atom is -0.378 e. The number of nitrogens with one attached hydrogen (secondary N) is 1. The lowest BCUT2D eigenvalue weighted by Crippen LogP contribution is -2.41. The van der Waals surface area contributed by atoms with Crippen molar-refractivity contribution < 1.29 is 9.53 Å². The second kappa shape index (κ2) is 8.65. The second-order valence-electron chi connectivity index (χ2n) is 6.23. The average molecular weight is 369 g/mol. The van der Waals surface area contributed by atoms with Gasteiger partial charge in [0.25, 0.3) is 0 Å². The molecular formula is C17H25BrN2O2. The Morgan fingerprint density at radius 3 is 2.68 bits per heavy atom. The van der Waals surface area contributed by atoms with Gasteiger partial charge in [0.2, 0.25) is 5.91 Å². The largest absolute Gasteiger partial charge is 0.378 e. The van der Waals surface area contributed by atoms with Crippen molar-refractivity contribution in [2.75, 3.05) is 31.6 Å². The smallest absolute Gasteiger partial charge is 0.238 e. The zero-order valence-corrected chi connectivity index (χ0v) is 14.9. The molecule has 0 saturated carbocycles. The number of anilines is 1. The number of nitrogens with zero attached hydrogens (tertiary/aromatic N) is 1. The van der Waals surface area contributed by atoms with E-state index in [1.54, 1.807) is 0 Å². The molecule has 0 unspecified atom stereocenters. The van der Waals surface area contributed by atoms with E-state index in [0.717, 1.165) is 42.7 Å². The van der Waals surface area contributed by atoms with Crippen LogP contribution in [0.4, 0.5) is 5.69 Å². The summed E-state index contributed by atoms with van der Waals surface area (Å²) in [4.78, 5) is 14.3. The van der Waals surface area contributed by atoms with E-state index in [0.29, 0.717) is 18.6 Å². The predicted octanol–water partition coefficient (Wildman–Crippen LogP) is 3.52. The summed E-state index contributed by atoms with van der Waals surface area (Å²) in [5, 5.41) is 2.95. The van der Waals surface area contributed by atoms with Crippen molar-refractivity contribution in [3.05, 3.63) is 28.7 Å². The first-order valence-electron chi connectivity index (χ1n) is 7.93. The molecule has 0 aromatic heterocycles. The number of amides is 1. The molecule has 1 aromatic rings. The molecule has 0 radical (unpaired) electrons. The number of benzene rings is 1. The topological polar surface area (TPSA) is 41.6 Å². The number of carbonyl (C=O) groups excluding carboxylic acids is 1. The molecule has 122 valence electrons. The van der Waals surface area contributed by atoms with Crippen LogP contribution in [-0.2, 0) is 9.53 Å². The molecule has 22 heavy (non-hydrogen) atoms. The molecule has 1 saturated heterocycles. The Kier molecular flexibility index (Phi) is 6.86. The fraction of sp³-hybridized carbons (Fsp3) is 0.588. The summed E-state index contributed by atoms with van der Waals surface area (Å²) in [6.07, 6.45) is 2.37. The molecule has 4 nitrogen and oxygen atoms in total. The Morgan fingerprint density at radius 1 is 1.36 bits per heavy atom. The number of likely N-dealkylation sites (tertiary alicyclic amines) is 1. The van der Waals surface area contributed by atoms with E-state index in [1.165, 1.54) is 0 Å². The van der Waals surface area contributed by atoms with Crippen molar-refractivity contribution in [3.8, 4) is 0 Å². The molecular weight excluding hydrogens is 344 g/mol. The summed E-state index contributed by atoms with van der Waals surface area (Å²) in [7, 11) is 0. The second-order valence-corrected chi connectivity index (χ2v) is 7.09. The molecule has 1 aliphatic rings. The Labute approximate surface area is 141 Å². The fourth-order valence-corrected chi connectivity index (χ4v) is 2.90. The first-order valence-corrected chi connectivity index (χ1v) is 8.72. The number of hydrogen-bond acceptors (Lipinski definition) is 3. The molecule has 1 aromatic carbocycles. The first-order chi connectivity index (χ1) is 10.5. The van der Waals surface area contributed by atoms with Crippen molar-refractivity contribution in [2.45, 2.75) is 32.8 Å². The van der Waals surface area contributed by atoms with Gasteiger partial charge in [-0.1, -0.05) is 26.0 Å². The van der Waals surface area contributed by atoms with Gasteiger partial charge in [0.05, 0.1) is 18.3 Å². The summed E-state index contributed by atoms with van der Waals surface area (Å²) in [6, 6.07) is 7.67. The summed E-state index contributed by atoms with van der Waals surface area (Å²) in [6.45, 7) is 7.45. The lowest BCUT2D eigenvalue weighted by atomic mass is 10.1. The maximum atomic E-state index is 12.1. The van der Waals surface area contributed by atoms with Crippen LogP contribution < -0.4 is 5.32 Å². The number of carbonyl (C=O) groups is 1. The van der Waals surface area contributed by atoms with Crippen molar-refractivity contribution in [3.63, 3.8) is 0 Å². The standard InChI is InChI=1S/C17H25BrN2O2/c1-13(2)12-22-14-7-9-20(10-8-14)11-17(21)19-16-6-4-3-5-15(16)18/h3-6,13-14H,7-12H2,1-2H3,(H,19,21). The number of para-hydroxylation sites is 1. The highest BCUT2D eigenvalue weighted by atomic mass is 79.9. The predicted molar refractivity (Wildman–Crippen MR) is 93.0 cm³/mol. The van der Waals surface area contributed by atoms with Crippen molar-refractivity contribution in [2.24, 2.45) is 5.92 Å². The van der Waals surface area contributed by atoms with Gasteiger partial charge in [0.1, 0.15) is 0 Å². The van der Waals surface area contributed by atoms with Crippen molar-refractivity contribution in [1.29, 1.82) is 0 Å². The summed E-state index contributed by atoms with van der Waals surface area (Å²) < 4.78 is 6.78. The molecule has 1 aliphatic heterocycles. The van der Waals surface area contributed by atoms with Gasteiger partial charge in [0.15, 0.2) is 0 Å². The Balaban J connectivity index is 1.72. The number of hydrogen-bond donors (Lipinski definition) is 1. The lowest BCUT2D eigenvalue weighted by molar-refractivity contribution is -0.118. The van der Waals surface area contributed by atoms with Crippen LogP contribution in [0.3, 0.4) is 0 Å². The maximum Gasteiger partial charge on any atom is 0.238 e. The van der Waals surface area contributed by atoms with Crippen LogP contribution in [0.25, 0.3) is 0 Å². The minimum atomic E-state index is 0.0356. The maximum absolute atomic E-state index is 12.1. The van der Waals surface area contributed by atoms with Crippen LogP contribution in [-0.4, -0.2) is 43.2 Å². The Morgan fingerprint density at radius 2 is 2.05 bits per heavy atom. The molecule has 1 heterocycles. The van der Waals surface area contributed by atoms with Gasteiger partial charge in [-0.05, 0) is 46.8 Å².